The average molecular weight is 128 g/mol. The van der Waals surface area contributed by atoms with Crippen molar-refractivity contribution in [2.75, 3.05) is 5.75 Å². The monoisotopic (exact) mass is 128 g/mol. The van der Waals surface area contributed by atoms with Crippen LogP contribution in [0, 0.1) is 5.92 Å². The van der Waals surface area contributed by atoms with Crippen molar-refractivity contribution in [2.45, 2.75) is 30.9 Å². The van der Waals surface area contributed by atoms with Gasteiger partial charge in [0.2, 0.25) is 0 Å². The van der Waals surface area contributed by atoms with Crippen molar-refractivity contribution in [1.82, 2.24) is 0 Å². The first kappa shape index (κ1) is 5.16. The van der Waals surface area contributed by atoms with Crippen molar-refractivity contribution in [3.8, 4) is 0 Å². The third-order valence-corrected chi connectivity index (χ3v) is 3.97. The molecule has 1 aliphatic carbocycles. The van der Waals surface area contributed by atoms with Gasteiger partial charge >= 0.3 is 0 Å². The molecule has 1 aliphatic heterocycles. The van der Waals surface area contributed by atoms with Gasteiger partial charge in [-0.1, -0.05) is 0 Å². The molecule has 2 unspecified atom stereocenters. The zero-order chi connectivity index (χ0) is 5.40. The van der Waals surface area contributed by atoms with Gasteiger partial charge in [0.1, 0.15) is 0 Å². The Kier molecular flexibility index (Phi) is 1.25. The molecular weight excluding hydrogens is 116 g/mol. The van der Waals surface area contributed by atoms with Gasteiger partial charge in [-0.2, -0.15) is 11.8 Å². The standard InChI is InChI=1S/C7H12S/c1-2-6-3-4-7(6)8-5-1/h6-7H,1-5H2. The van der Waals surface area contributed by atoms with Crippen molar-refractivity contribution < 1.29 is 0 Å². The molecular formula is C7H12S. The minimum absolute atomic E-state index is 1.10. The second-order valence-electron chi connectivity index (χ2n) is 2.89. The molecule has 2 atom stereocenters. The van der Waals surface area contributed by atoms with E-state index >= 15 is 0 Å². The molecule has 0 nitrogen and oxygen atoms in total. The smallest absolute Gasteiger partial charge is 0.00754 e. The summed E-state index contributed by atoms with van der Waals surface area (Å²) in [5, 5.41) is 1.10. The molecule has 0 spiro atoms. The van der Waals surface area contributed by atoms with Crippen LogP contribution in [0.5, 0.6) is 0 Å². The van der Waals surface area contributed by atoms with E-state index in [9.17, 15) is 0 Å². The van der Waals surface area contributed by atoms with Crippen molar-refractivity contribution in [1.29, 1.82) is 0 Å². The fourth-order valence-corrected chi connectivity index (χ4v) is 3.15. The fraction of sp³-hybridized carbons (Fsp3) is 1.00. The van der Waals surface area contributed by atoms with E-state index in [1.54, 1.807) is 0 Å². The Morgan fingerprint density at radius 3 is 2.50 bits per heavy atom. The van der Waals surface area contributed by atoms with Crippen molar-refractivity contribution in [2.24, 2.45) is 5.92 Å². The third-order valence-electron chi connectivity index (χ3n) is 2.40. The van der Waals surface area contributed by atoms with Gasteiger partial charge in [0.25, 0.3) is 0 Å². The largest absolute Gasteiger partial charge is 0.158 e. The number of hydrogen-bond donors (Lipinski definition) is 0. The number of fused-ring (bicyclic) bond motifs is 1. The lowest BCUT2D eigenvalue weighted by Gasteiger charge is -2.39. The van der Waals surface area contributed by atoms with E-state index in [1.165, 1.54) is 31.4 Å². The van der Waals surface area contributed by atoms with E-state index < -0.39 is 0 Å². The summed E-state index contributed by atoms with van der Waals surface area (Å²) >= 11 is 2.21. The summed E-state index contributed by atoms with van der Waals surface area (Å²) in [4.78, 5) is 0. The highest BCUT2D eigenvalue weighted by molar-refractivity contribution is 8.00. The van der Waals surface area contributed by atoms with Crippen LogP contribution in [0.2, 0.25) is 0 Å². The molecule has 0 amide bonds. The molecule has 1 heteroatoms. The highest BCUT2D eigenvalue weighted by atomic mass is 32.2. The molecule has 0 bridgehead atoms. The van der Waals surface area contributed by atoms with Gasteiger partial charge in [-0.15, -0.1) is 0 Å². The summed E-state index contributed by atoms with van der Waals surface area (Å²) in [5.41, 5.74) is 0. The first-order chi connectivity index (χ1) is 3.97. The van der Waals surface area contributed by atoms with E-state index in [0.29, 0.717) is 0 Å². The van der Waals surface area contributed by atoms with Crippen LogP contribution in [-0.2, 0) is 0 Å². The van der Waals surface area contributed by atoms with Gasteiger partial charge in [0, 0.05) is 5.25 Å². The number of hydrogen-bond acceptors (Lipinski definition) is 1. The molecule has 8 heavy (non-hydrogen) atoms. The van der Waals surface area contributed by atoms with E-state index in [2.05, 4.69) is 11.8 Å². The summed E-state index contributed by atoms with van der Waals surface area (Å²) in [6, 6.07) is 0. The molecule has 0 aromatic rings. The molecule has 1 saturated carbocycles. The van der Waals surface area contributed by atoms with Crippen LogP contribution in [0.1, 0.15) is 25.7 Å². The van der Waals surface area contributed by atoms with Gasteiger partial charge < -0.3 is 0 Å². The van der Waals surface area contributed by atoms with Crippen LogP contribution >= 0.6 is 11.8 Å². The van der Waals surface area contributed by atoms with E-state index in [-0.39, 0.29) is 0 Å². The Balaban J connectivity index is 1.92. The van der Waals surface area contributed by atoms with Crippen LogP contribution < -0.4 is 0 Å². The fourth-order valence-electron chi connectivity index (χ4n) is 1.67. The highest BCUT2D eigenvalue weighted by Gasteiger charge is 2.32. The predicted octanol–water partition coefficient (Wildman–Crippen LogP) is 2.29. The molecule has 1 saturated heterocycles. The Labute approximate surface area is 55.0 Å². The maximum absolute atomic E-state index is 2.21. The molecule has 2 rings (SSSR count). The van der Waals surface area contributed by atoms with E-state index in [1.807, 2.05) is 0 Å². The Hall–Kier alpha value is 0.350. The predicted molar refractivity (Wildman–Crippen MR) is 38.2 cm³/mol. The Morgan fingerprint density at radius 2 is 2.12 bits per heavy atom. The topological polar surface area (TPSA) is 0 Å². The van der Waals surface area contributed by atoms with Gasteiger partial charge in [-0.05, 0) is 37.4 Å². The van der Waals surface area contributed by atoms with Crippen LogP contribution in [0.25, 0.3) is 0 Å². The summed E-state index contributed by atoms with van der Waals surface area (Å²) in [6.07, 6.45) is 6.09. The normalized spacial score (nSPS) is 45.0. The maximum atomic E-state index is 2.21. The molecule has 1 heterocycles. The third kappa shape index (κ3) is 0.680. The van der Waals surface area contributed by atoms with Gasteiger partial charge in [-0.25, -0.2) is 0 Å². The minimum Gasteiger partial charge on any atom is -0.158 e. The lowest BCUT2D eigenvalue weighted by Crippen LogP contribution is -2.31. The Bertz CT molecular complexity index is 78.4. The van der Waals surface area contributed by atoms with Gasteiger partial charge in [0.15, 0.2) is 0 Å². The maximum Gasteiger partial charge on any atom is 0.00754 e. The van der Waals surface area contributed by atoms with Crippen LogP contribution in [0.15, 0.2) is 0 Å². The number of rotatable bonds is 0. The van der Waals surface area contributed by atoms with Gasteiger partial charge in [-0.3, -0.25) is 0 Å². The number of thioether (sulfide) groups is 1. The molecule has 46 valence electrons. The Morgan fingerprint density at radius 1 is 1.12 bits per heavy atom. The van der Waals surface area contributed by atoms with Crippen LogP contribution in [0.4, 0.5) is 0 Å². The molecule has 2 aliphatic rings. The minimum atomic E-state index is 1.10. The van der Waals surface area contributed by atoms with Crippen LogP contribution in [-0.4, -0.2) is 11.0 Å². The molecule has 2 fully saturated rings. The zero-order valence-electron chi connectivity index (χ0n) is 5.10. The SMILES string of the molecule is C1CSC2CCC2C1. The molecule has 0 radical (unpaired) electrons. The van der Waals surface area contributed by atoms with Crippen LogP contribution in [0.3, 0.4) is 0 Å². The summed E-state index contributed by atoms with van der Waals surface area (Å²) in [5.74, 6) is 2.59. The lowest BCUT2D eigenvalue weighted by molar-refractivity contribution is 0.299. The second kappa shape index (κ2) is 1.94. The molecule has 0 N–H and O–H groups in total. The average Bonchev–Trinajstić information content (AvgIpc) is 1.72. The van der Waals surface area contributed by atoms with Gasteiger partial charge in [0.05, 0.1) is 0 Å². The van der Waals surface area contributed by atoms with Crippen molar-refractivity contribution in [3.05, 3.63) is 0 Å². The lowest BCUT2D eigenvalue weighted by atomic mass is 9.81. The van der Waals surface area contributed by atoms with E-state index in [0.717, 1.165) is 11.2 Å². The molecule has 0 aromatic heterocycles. The van der Waals surface area contributed by atoms with Crippen molar-refractivity contribution in [3.63, 3.8) is 0 Å². The second-order valence-corrected chi connectivity index (χ2v) is 4.24. The first-order valence-electron chi connectivity index (χ1n) is 3.58. The summed E-state index contributed by atoms with van der Waals surface area (Å²) in [6.45, 7) is 0. The summed E-state index contributed by atoms with van der Waals surface area (Å²) < 4.78 is 0. The molecule has 0 aromatic carbocycles. The van der Waals surface area contributed by atoms with E-state index in [4.69, 9.17) is 0 Å². The highest BCUT2D eigenvalue weighted by Crippen LogP contribution is 2.44. The summed E-state index contributed by atoms with van der Waals surface area (Å²) in [7, 11) is 0. The zero-order valence-corrected chi connectivity index (χ0v) is 5.91. The first-order valence-corrected chi connectivity index (χ1v) is 4.63. The van der Waals surface area contributed by atoms with Crippen molar-refractivity contribution >= 4 is 11.8 Å². The quantitative estimate of drug-likeness (QED) is 0.482.